The molecular weight excluding hydrogens is 323 g/mol. The minimum Gasteiger partial charge on any atom is -0.497 e. The second-order valence-electron chi connectivity index (χ2n) is 6.14. The number of carbonyl (C=O) groups excluding carboxylic acids is 1. The van der Waals surface area contributed by atoms with Crippen molar-refractivity contribution in [2.45, 2.75) is 32.9 Å². The van der Waals surface area contributed by atoms with Crippen LogP contribution in [0.1, 0.15) is 25.0 Å². The Kier molecular flexibility index (Phi) is 4.79. The maximum Gasteiger partial charge on any atom is 0.221 e. The predicted molar refractivity (Wildman–Crippen MR) is 94.8 cm³/mol. The number of hydrogen-bond donors (Lipinski definition) is 2. The molecule has 1 heterocycles. The number of nitrogens with one attached hydrogen (secondary N) is 2. The number of ether oxygens (including phenoxy) is 2. The molecule has 3 rings (SSSR count). The van der Waals surface area contributed by atoms with Gasteiger partial charge in [-0.05, 0) is 37.3 Å². The van der Waals surface area contributed by atoms with Crippen molar-refractivity contribution in [3.05, 3.63) is 47.3 Å². The molecule has 0 radical (unpaired) electrons. The highest BCUT2D eigenvalue weighted by Gasteiger charge is 2.23. The summed E-state index contributed by atoms with van der Waals surface area (Å²) < 4.78 is 25.0. The van der Waals surface area contributed by atoms with E-state index in [4.69, 9.17) is 9.47 Å². The van der Waals surface area contributed by atoms with Crippen LogP contribution in [0.15, 0.2) is 30.3 Å². The van der Waals surface area contributed by atoms with Crippen molar-refractivity contribution < 1.29 is 18.7 Å². The van der Waals surface area contributed by atoms with E-state index in [1.807, 2.05) is 19.1 Å². The predicted octanol–water partition coefficient (Wildman–Crippen LogP) is 3.73. The first-order valence-electron chi connectivity index (χ1n) is 8.13. The van der Waals surface area contributed by atoms with Gasteiger partial charge in [-0.2, -0.15) is 0 Å². The van der Waals surface area contributed by atoms with Crippen molar-refractivity contribution in [3.8, 4) is 11.5 Å². The number of carbonyl (C=O) groups is 1. The molecule has 5 nitrogen and oxygen atoms in total. The molecule has 2 aromatic carbocycles. The molecule has 6 heteroatoms. The Labute approximate surface area is 146 Å². The number of hydrogen-bond acceptors (Lipinski definition) is 4. The lowest BCUT2D eigenvalue weighted by Gasteiger charge is -2.14. The zero-order chi connectivity index (χ0) is 18.0. The van der Waals surface area contributed by atoms with E-state index in [0.29, 0.717) is 12.2 Å². The van der Waals surface area contributed by atoms with Crippen molar-refractivity contribution in [2.75, 3.05) is 17.7 Å². The fourth-order valence-electron chi connectivity index (χ4n) is 2.95. The minimum atomic E-state index is -0.472. The summed E-state index contributed by atoms with van der Waals surface area (Å²) in [6, 6.07) is 8.45. The quantitative estimate of drug-likeness (QED) is 0.868. The normalized spacial score (nSPS) is 15.3. The van der Waals surface area contributed by atoms with Crippen LogP contribution < -0.4 is 20.1 Å². The summed E-state index contributed by atoms with van der Waals surface area (Å²) in [6.07, 6.45) is 0.987. The van der Waals surface area contributed by atoms with Crippen LogP contribution in [0.25, 0.3) is 0 Å². The van der Waals surface area contributed by atoms with Crippen molar-refractivity contribution in [1.29, 1.82) is 0 Å². The van der Waals surface area contributed by atoms with Crippen molar-refractivity contribution in [1.82, 2.24) is 0 Å². The van der Waals surface area contributed by atoms with Crippen molar-refractivity contribution in [3.63, 3.8) is 0 Å². The standard InChI is InChI=1S/C19H21FN2O3/c1-11-6-13-7-16(24-3)8-14(19(13)25-11)10-21-15-4-5-17(20)18(9-15)22-12(2)23/h4-5,7-9,11,21H,6,10H2,1-3H3,(H,22,23)/t11-/m1/s1. The van der Waals surface area contributed by atoms with Gasteiger partial charge in [0.15, 0.2) is 0 Å². The monoisotopic (exact) mass is 344 g/mol. The molecule has 0 unspecified atom stereocenters. The summed E-state index contributed by atoms with van der Waals surface area (Å²) in [5.41, 5.74) is 2.96. The summed E-state index contributed by atoms with van der Waals surface area (Å²) in [5, 5.41) is 5.72. The van der Waals surface area contributed by atoms with Crippen LogP contribution in [0.4, 0.5) is 15.8 Å². The Hall–Kier alpha value is -2.76. The molecule has 0 fully saturated rings. The van der Waals surface area contributed by atoms with Crippen LogP contribution in [-0.2, 0) is 17.8 Å². The van der Waals surface area contributed by atoms with Gasteiger partial charge in [-0.1, -0.05) is 0 Å². The fourth-order valence-corrected chi connectivity index (χ4v) is 2.95. The third kappa shape index (κ3) is 3.84. The molecule has 132 valence electrons. The molecule has 2 aromatic rings. The SMILES string of the molecule is COc1cc(CNc2ccc(F)c(NC(C)=O)c2)c2c(c1)C[C@@H](C)O2. The number of fused-ring (bicyclic) bond motifs is 1. The van der Waals surface area contributed by atoms with Crippen LogP contribution in [-0.4, -0.2) is 19.1 Å². The Bertz CT molecular complexity index is 807. The average Bonchev–Trinajstić information content (AvgIpc) is 2.94. The van der Waals surface area contributed by atoms with Gasteiger partial charge in [0.25, 0.3) is 0 Å². The molecule has 25 heavy (non-hydrogen) atoms. The third-order valence-electron chi connectivity index (χ3n) is 4.04. The van der Waals surface area contributed by atoms with Gasteiger partial charge < -0.3 is 20.1 Å². The molecule has 0 aliphatic carbocycles. The van der Waals surface area contributed by atoms with E-state index in [2.05, 4.69) is 10.6 Å². The lowest BCUT2D eigenvalue weighted by Crippen LogP contribution is -2.09. The number of amides is 1. The highest BCUT2D eigenvalue weighted by atomic mass is 19.1. The molecule has 0 aromatic heterocycles. The number of anilines is 2. The Morgan fingerprint density at radius 1 is 1.36 bits per heavy atom. The number of halogens is 1. The lowest BCUT2D eigenvalue weighted by molar-refractivity contribution is -0.114. The maximum atomic E-state index is 13.7. The Morgan fingerprint density at radius 3 is 2.88 bits per heavy atom. The summed E-state index contributed by atoms with van der Waals surface area (Å²) in [4.78, 5) is 11.2. The van der Waals surface area contributed by atoms with Crippen LogP contribution in [0.2, 0.25) is 0 Å². The average molecular weight is 344 g/mol. The van der Waals surface area contributed by atoms with E-state index in [1.54, 1.807) is 19.2 Å². The van der Waals surface area contributed by atoms with Gasteiger partial charge in [0.05, 0.1) is 12.8 Å². The first-order chi connectivity index (χ1) is 12.0. The first-order valence-corrected chi connectivity index (χ1v) is 8.13. The van der Waals surface area contributed by atoms with Crippen LogP contribution in [0.3, 0.4) is 0 Å². The van der Waals surface area contributed by atoms with Gasteiger partial charge in [0.1, 0.15) is 23.4 Å². The summed E-state index contributed by atoms with van der Waals surface area (Å²) >= 11 is 0. The fraction of sp³-hybridized carbons (Fsp3) is 0.316. The zero-order valence-corrected chi connectivity index (χ0v) is 14.5. The van der Waals surface area contributed by atoms with E-state index in [1.165, 1.54) is 13.0 Å². The van der Waals surface area contributed by atoms with Gasteiger partial charge >= 0.3 is 0 Å². The molecule has 0 saturated heterocycles. The van der Waals surface area contributed by atoms with Gasteiger partial charge in [-0.25, -0.2) is 4.39 Å². The lowest BCUT2D eigenvalue weighted by atomic mass is 10.1. The van der Waals surface area contributed by atoms with Gasteiger partial charge in [-0.15, -0.1) is 0 Å². The highest BCUT2D eigenvalue weighted by molar-refractivity contribution is 5.89. The molecule has 1 amide bonds. The van der Waals surface area contributed by atoms with Gasteiger partial charge in [0.2, 0.25) is 5.91 Å². The molecule has 0 spiro atoms. The van der Waals surface area contributed by atoms with E-state index >= 15 is 0 Å². The molecule has 0 bridgehead atoms. The summed E-state index contributed by atoms with van der Waals surface area (Å²) in [5.74, 6) is 0.875. The molecule has 1 aliphatic rings. The second kappa shape index (κ2) is 7.01. The van der Waals surface area contributed by atoms with Crippen molar-refractivity contribution in [2.24, 2.45) is 0 Å². The molecule has 0 saturated carbocycles. The van der Waals surface area contributed by atoms with Gasteiger partial charge in [0, 0.05) is 36.7 Å². The van der Waals surface area contributed by atoms with Crippen LogP contribution in [0, 0.1) is 5.82 Å². The van der Waals surface area contributed by atoms with Crippen molar-refractivity contribution >= 4 is 17.3 Å². The van der Waals surface area contributed by atoms with E-state index in [9.17, 15) is 9.18 Å². The largest absolute Gasteiger partial charge is 0.497 e. The molecule has 1 aliphatic heterocycles. The van der Waals surface area contributed by atoms with E-state index in [0.717, 1.165) is 29.0 Å². The maximum absolute atomic E-state index is 13.7. The smallest absolute Gasteiger partial charge is 0.221 e. The Morgan fingerprint density at radius 2 is 2.16 bits per heavy atom. The van der Waals surface area contributed by atoms with E-state index < -0.39 is 5.82 Å². The highest BCUT2D eigenvalue weighted by Crippen LogP contribution is 2.36. The molecular formula is C19H21FN2O3. The number of methoxy groups -OCH3 is 1. The molecule has 2 N–H and O–H groups in total. The van der Waals surface area contributed by atoms with Crippen LogP contribution in [0.5, 0.6) is 11.5 Å². The number of rotatable bonds is 5. The second-order valence-corrected chi connectivity index (χ2v) is 6.14. The Balaban J connectivity index is 1.80. The van der Waals surface area contributed by atoms with Crippen LogP contribution >= 0.6 is 0 Å². The first kappa shape index (κ1) is 17.1. The topological polar surface area (TPSA) is 59.6 Å². The molecule has 1 atom stereocenters. The summed E-state index contributed by atoms with van der Waals surface area (Å²) in [6.45, 7) is 3.87. The van der Waals surface area contributed by atoms with E-state index in [-0.39, 0.29) is 17.7 Å². The minimum absolute atomic E-state index is 0.137. The zero-order valence-electron chi connectivity index (χ0n) is 14.5. The third-order valence-corrected chi connectivity index (χ3v) is 4.04. The number of benzene rings is 2. The summed E-state index contributed by atoms with van der Waals surface area (Å²) in [7, 11) is 1.64. The van der Waals surface area contributed by atoms with Gasteiger partial charge in [-0.3, -0.25) is 4.79 Å².